The van der Waals surface area contributed by atoms with E-state index in [1.807, 2.05) is 0 Å². The van der Waals surface area contributed by atoms with Gasteiger partial charge in [-0.3, -0.25) is 0 Å². The van der Waals surface area contributed by atoms with Crippen LogP contribution in [0, 0.1) is 5.82 Å². The number of hydrogen-bond acceptors (Lipinski definition) is 3. The fraction of sp³-hybridized carbons (Fsp3) is 0.133. The molecule has 0 aliphatic rings. The molecule has 0 atom stereocenters. The van der Waals surface area contributed by atoms with E-state index in [2.05, 4.69) is 0 Å². The Kier molecular flexibility index (Phi) is 4.32. The Bertz CT molecular complexity index is 608. The maximum absolute atomic E-state index is 13.2. The second-order valence-corrected chi connectivity index (χ2v) is 4.24. The normalized spacial score (nSPS) is 10.3. The average Bonchev–Trinajstić information content (AvgIpc) is 2.45. The van der Waals surface area contributed by atoms with Crippen LogP contribution in [-0.2, 0) is 13.2 Å². The minimum absolute atomic E-state index is 0.189. The molecule has 20 heavy (non-hydrogen) atoms. The smallest absolute Gasteiger partial charge is 0.335 e. The van der Waals surface area contributed by atoms with Gasteiger partial charge in [0.25, 0.3) is 0 Å². The first-order valence-electron chi connectivity index (χ1n) is 5.94. The molecule has 0 spiro atoms. The van der Waals surface area contributed by atoms with Gasteiger partial charge in [-0.25, -0.2) is 9.18 Å². The summed E-state index contributed by atoms with van der Waals surface area (Å²) in [5, 5.41) is 17.8. The van der Waals surface area contributed by atoms with E-state index in [0.29, 0.717) is 11.3 Å². The number of halogens is 1. The number of rotatable bonds is 5. The van der Waals surface area contributed by atoms with Crippen molar-refractivity contribution in [3.8, 4) is 5.75 Å². The van der Waals surface area contributed by atoms with Crippen LogP contribution in [0.1, 0.15) is 21.5 Å². The maximum atomic E-state index is 13.2. The SMILES string of the molecule is O=C(O)c1ccc(COc2cc(F)cc(CO)c2)cc1. The largest absolute Gasteiger partial charge is 0.489 e. The minimum Gasteiger partial charge on any atom is -0.489 e. The third-order valence-corrected chi connectivity index (χ3v) is 2.72. The highest BCUT2D eigenvalue weighted by molar-refractivity contribution is 5.87. The highest BCUT2D eigenvalue weighted by Gasteiger charge is 2.04. The fourth-order valence-corrected chi connectivity index (χ4v) is 1.71. The number of carbonyl (C=O) groups is 1. The highest BCUT2D eigenvalue weighted by atomic mass is 19.1. The first-order valence-corrected chi connectivity index (χ1v) is 5.94. The van der Waals surface area contributed by atoms with Gasteiger partial charge >= 0.3 is 5.97 Å². The van der Waals surface area contributed by atoms with E-state index >= 15 is 0 Å². The maximum Gasteiger partial charge on any atom is 0.335 e. The van der Waals surface area contributed by atoms with Gasteiger partial charge in [0.2, 0.25) is 0 Å². The fourth-order valence-electron chi connectivity index (χ4n) is 1.71. The van der Waals surface area contributed by atoms with Gasteiger partial charge in [-0.15, -0.1) is 0 Å². The average molecular weight is 276 g/mol. The number of aromatic carboxylic acids is 1. The summed E-state index contributed by atoms with van der Waals surface area (Å²) in [4.78, 5) is 10.7. The molecule has 0 saturated carbocycles. The summed E-state index contributed by atoms with van der Waals surface area (Å²) < 4.78 is 18.6. The monoisotopic (exact) mass is 276 g/mol. The number of ether oxygens (including phenoxy) is 1. The number of carboxylic acid groups (broad SMARTS) is 1. The molecular weight excluding hydrogens is 263 g/mol. The van der Waals surface area contributed by atoms with Gasteiger partial charge < -0.3 is 14.9 Å². The van der Waals surface area contributed by atoms with Crippen molar-refractivity contribution in [3.63, 3.8) is 0 Å². The van der Waals surface area contributed by atoms with Crippen LogP contribution in [0.15, 0.2) is 42.5 Å². The highest BCUT2D eigenvalue weighted by Crippen LogP contribution is 2.18. The summed E-state index contributed by atoms with van der Waals surface area (Å²) in [6, 6.07) is 10.2. The van der Waals surface area contributed by atoms with E-state index < -0.39 is 11.8 Å². The Morgan fingerprint density at radius 1 is 1.10 bits per heavy atom. The summed E-state index contributed by atoms with van der Waals surface area (Å²) in [6.45, 7) is -0.0738. The Morgan fingerprint density at radius 3 is 2.40 bits per heavy atom. The third kappa shape index (κ3) is 3.55. The van der Waals surface area contributed by atoms with Crippen LogP contribution in [0.25, 0.3) is 0 Å². The Balaban J connectivity index is 2.04. The molecule has 0 bridgehead atoms. The zero-order chi connectivity index (χ0) is 14.5. The quantitative estimate of drug-likeness (QED) is 0.881. The first-order chi connectivity index (χ1) is 9.58. The van der Waals surface area contributed by atoms with E-state index in [1.165, 1.54) is 24.3 Å². The summed E-state index contributed by atoms with van der Waals surface area (Å²) in [5.41, 5.74) is 1.40. The molecule has 0 aromatic heterocycles. The van der Waals surface area contributed by atoms with Crippen molar-refractivity contribution in [2.75, 3.05) is 0 Å². The lowest BCUT2D eigenvalue weighted by Gasteiger charge is -2.08. The van der Waals surface area contributed by atoms with Gasteiger partial charge in [0.05, 0.1) is 12.2 Å². The first kappa shape index (κ1) is 14.0. The molecule has 0 saturated heterocycles. The van der Waals surface area contributed by atoms with Crippen LogP contribution >= 0.6 is 0 Å². The van der Waals surface area contributed by atoms with E-state index in [4.69, 9.17) is 14.9 Å². The second kappa shape index (κ2) is 6.16. The third-order valence-electron chi connectivity index (χ3n) is 2.72. The lowest BCUT2D eigenvalue weighted by molar-refractivity contribution is 0.0697. The second-order valence-electron chi connectivity index (χ2n) is 4.24. The van der Waals surface area contributed by atoms with Crippen LogP contribution in [0.2, 0.25) is 0 Å². The molecule has 2 aromatic carbocycles. The number of aliphatic hydroxyl groups is 1. The molecule has 104 valence electrons. The van der Waals surface area contributed by atoms with Gasteiger partial charge in [0.15, 0.2) is 0 Å². The molecule has 2 aromatic rings. The van der Waals surface area contributed by atoms with Crippen LogP contribution in [0.5, 0.6) is 5.75 Å². The summed E-state index contributed by atoms with van der Waals surface area (Å²) in [5.74, 6) is -1.15. The van der Waals surface area contributed by atoms with E-state index in [9.17, 15) is 9.18 Å². The van der Waals surface area contributed by atoms with Crippen LogP contribution in [-0.4, -0.2) is 16.2 Å². The van der Waals surface area contributed by atoms with Crippen LogP contribution in [0.4, 0.5) is 4.39 Å². The molecule has 0 fully saturated rings. The van der Waals surface area contributed by atoms with Crippen LogP contribution in [0.3, 0.4) is 0 Å². The van der Waals surface area contributed by atoms with Gasteiger partial charge in [-0.1, -0.05) is 12.1 Å². The predicted octanol–water partition coefficient (Wildman–Crippen LogP) is 2.60. The molecule has 0 aliphatic heterocycles. The molecule has 0 heterocycles. The molecule has 0 radical (unpaired) electrons. The molecule has 0 amide bonds. The van der Waals surface area contributed by atoms with E-state index in [-0.39, 0.29) is 18.8 Å². The van der Waals surface area contributed by atoms with E-state index in [1.54, 1.807) is 18.2 Å². The molecule has 0 unspecified atom stereocenters. The number of carboxylic acids is 1. The van der Waals surface area contributed by atoms with Crippen molar-refractivity contribution in [2.45, 2.75) is 13.2 Å². The molecule has 4 nitrogen and oxygen atoms in total. The zero-order valence-corrected chi connectivity index (χ0v) is 10.5. The molecule has 5 heteroatoms. The Hall–Kier alpha value is -2.40. The molecular formula is C15H13FO4. The summed E-state index contributed by atoms with van der Waals surface area (Å²) in [7, 11) is 0. The topological polar surface area (TPSA) is 66.8 Å². The van der Waals surface area contributed by atoms with Gasteiger partial charge in [-0.05, 0) is 35.4 Å². The van der Waals surface area contributed by atoms with Crippen molar-refractivity contribution in [3.05, 3.63) is 65.0 Å². The number of aliphatic hydroxyl groups excluding tert-OH is 1. The lowest BCUT2D eigenvalue weighted by Crippen LogP contribution is -1.99. The van der Waals surface area contributed by atoms with Gasteiger partial charge in [0.1, 0.15) is 18.2 Å². The van der Waals surface area contributed by atoms with E-state index in [0.717, 1.165) is 5.56 Å². The predicted molar refractivity (Wildman–Crippen MR) is 70.1 cm³/mol. The summed E-state index contributed by atoms with van der Waals surface area (Å²) >= 11 is 0. The Morgan fingerprint density at radius 2 is 1.80 bits per heavy atom. The molecule has 2 rings (SSSR count). The van der Waals surface area contributed by atoms with Crippen molar-refractivity contribution >= 4 is 5.97 Å². The van der Waals surface area contributed by atoms with Crippen molar-refractivity contribution in [1.82, 2.24) is 0 Å². The number of benzene rings is 2. The number of hydrogen-bond donors (Lipinski definition) is 2. The van der Waals surface area contributed by atoms with Crippen LogP contribution < -0.4 is 4.74 Å². The van der Waals surface area contributed by atoms with Crippen molar-refractivity contribution < 1.29 is 24.1 Å². The molecule has 0 aliphatic carbocycles. The van der Waals surface area contributed by atoms with Crippen molar-refractivity contribution in [1.29, 1.82) is 0 Å². The zero-order valence-electron chi connectivity index (χ0n) is 10.5. The standard InChI is InChI=1S/C15H13FO4/c16-13-5-11(8-17)6-14(7-13)20-9-10-1-3-12(4-2-10)15(18)19/h1-7,17H,8-9H2,(H,18,19). The van der Waals surface area contributed by atoms with Crippen molar-refractivity contribution in [2.24, 2.45) is 0 Å². The lowest BCUT2D eigenvalue weighted by atomic mass is 10.1. The summed E-state index contributed by atoms with van der Waals surface area (Å²) in [6.07, 6.45) is 0. The minimum atomic E-state index is -0.991. The van der Waals surface area contributed by atoms with Gasteiger partial charge in [0, 0.05) is 6.07 Å². The molecule has 2 N–H and O–H groups in total. The Labute approximate surface area is 115 Å². The van der Waals surface area contributed by atoms with Gasteiger partial charge in [-0.2, -0.15) is 0 Å².